The Morgan fingerprint density at radius 2 is 1.97 bits per heavy atom. The van der Waals surface area contributed by atoms with E-state index in [1.165, 1.54) is 23.5 Å². The number of carbonyl (C=O) groups excluding carboxylic acids is 1. The highest BCUT2D eigenvalue weighted by atomic mass is 32.1. The number of fused-ring (bicyclic) bond motifs is 3. The summed E-state index contributed by atoms with van der Waals surface area (Å²) >= 11 is 1.32. The highest BCUT2D eigenvalue weighted by molar-refractivity contribution is 7.13. The molecule has 9 nitrogen and oxygen atoms in total. The number of nitriles is 1. The van der Waals surface area contributed by atoms with Crippen molar-refractivity contribution >= 4 is 34.5 Å². The normalized spacial score (nSPS) is 20.6. The monoisotopic (exact) mass is 549 g/mol. The Bertz CT molecular complexity index is 1350. The molecule has 0 spiro atoms. The van der Waals surface area contributed by atoms with E-state index in [9.17, 15) is 18.0 Å². The van der Waals surface area contributed by atoms with Gasteiger partial charge in [0.05, 0.1) is 23.7 Å². The zero-order valence-electron chi connectivity index (χ0n) is 21.0. The zero-order valence-corrected chi connectivity index (χ0v) is 21.8. The van der Waals surface area contributed by atoms with Crippen molar-refractivity contribution in [2.24, 2.45) is 0 Å². The first-order valence-corrected chi connectivity index (χ1v) is 13.0. The van der Waals surface area contributed by atoms with Gasteiger partial charge in [0.15, 0.2) is 11.7 Å². The van der Waals surface area contributed by atoms with Crippen LogP contribution in [0.5, 0.6) is 0 Å². The van der Waals surface area contributed by atoms with Crippen molar-refractivity contribution in [1.29, 1.82) is 5.26 Å². The number of ether oxygens (including phenoxy) is 2. The molecule has 4 heterocycles. The van der Waals surface area contributed by atoms with Gasteiger partial charge in [0.1, 0.15) is 22.7 Å². The van der Waals surface area contributed by atoms with E-state index in [2.05, 4.69) is 9.97 Å². The Hall–Kier alpha value is -3.37. The Morgan fingerprint density at radius 1 is 1.26 bits per heavy atom. The highest BCUT2D eigenvalue weighted by Crippen LogP contribution is 2.43. The van der Waals surface area contributed by atoms with E-state index in [1.54, 1.807) is 22.5 Å². The van der Waals surface area contributed by atoms with Gasteiger partial charge in [0.2, 0.25) is 0 Å². The number of nitrogens with zero attached hydrogens (tertiary/aromatic N) is 5. The molecular weight excluding hydrogens is 523 g/mol. The number of amides is 1. The summed E-state index contributed by atoms with van der Waals surface area (Å²) in [4.78, 5) is 25.2. The average molecular weight is 550 g/mol. The molecule has 2 fully saturated rings. The summed E-state index contributed by atoms with van der Waals surface area (Å²) in [5.74, 6) is 0. The molecule has 1 aromatic carbocycles. The van der Waals surface area contributed by atoms with Gasteiger partial charge < -0.3 is 18.8 Å². The quantitative estimate of drug-likeness (QED) is 0.400. The molecule has 0 N–H and O–H groups in total. The average Bonchev–Trinajstić information content (AvgIpc) is 3.56. The van der Waals surface area contributed by atoms with Gasteiger partial charge in [-0.1, -0.05) is 6.07 Å². The van der Waals surface area contributed by atoms with Gasteiger partial charge in [-0.25, -0.2) is 9.78 Å². The van der Waals surface area contributed by atoms with Gasteiger partial charge in [0, 0.05) is 30.2 Å². The van der Waals surface area contributed by atoms with Crippen LogP contribution in [0.2, 0.25) is 0 Å². The lowest BCUT2D eigenvalue weighted by Gasteiger charge is -2.40. The van der Waals surface area contributed by atoms with Crippen molar-refractivity contribution in [2.45, 2.75) is 63.6 Å². The Morgan fingerprint density at radius 3 is 2.55 bits per heavy atom. The summed E-state index contributed by atoms with van der Waals surface area (Å²) in [5.41, 5.74) is -0.208. The number of piperazine rings is 1. The van der Waals surface area contributed by atoms with Crippen LogP contribution in [-0.2, 0) is 9.47 Å². The molecule has 2 aliphatic rings. The molecule has 2 aliphatic heterocycles. The molecule has 1 amide bonds. The number of anilines is 1. The van der Waals surface area contributed by atoms with Gasteiger partial charge in [-0.2, -0.15) is 23.4 Å². The second kappa shape index (κ2) is 9.74. The standard InChI is InChI=1S/C25H26F3N5O4S/c1-24(2,3)37-23(34)33-14-4-5-15(33)13-32(12-14)22-31-18-16(20(25(26,27)28)35-10-8-29)6-7-17(19(18)36-22)21-30-9-11-38-21/h6-7,9,11,14-15,20H,4-5,10,12-13H2,1-3H3. The van der Waals surface area contributed by atoms with Crippen LogP contribution >= 0.6 is 11.3 Å². The number of rotatable bonds is 5. The summed E-state index contributed by atoms with van der Waals surface area (Å²) in [6, 6.07) is 4.28. The predicted molar refractivity (Wildman–Crippen MR) is 133 cm³/mol. The van der Waals surface area contributed by atoms with E-state index in [4.69, 9.17) is 19.2 Å². The van der Waals surface area contributed by atoms with Gasteiger partial charge in [-0.15, -0.1) is 11.3 Å². The van der Waals surface area contributed by atoms with Crippen LogP contribution in [0.4, 0.5) is 24.0 Å². The van der Waals surface area contributed by atoms with Crippen molar-refractivity contribution in [3.63, 3.8) is 0 Å². The lowest BCUT2D eigenvalue weighted by molar-refractivity contribution is -0.219. The molecule has 2 bridgehead atoms. The maximum atomic E-state index is 14.0. The molecule has 0 saturated carbocycles. The van der Waals surface area contributed by atoms with E-state index in [1.807, 2.05) is 25.7 Å². The maximum absolute atomic E-state index is 14.0. The molecule has 5 rings (SSSR count). The van der Waals surface area contributed by atoms with Crippen molar-refractivity contribution in [1.82, 2.24) is 14.9 Å². The third kappa shape index (κ3) is 5.02. The van der Waals surface area contributed by atoms with E-state index in [-0.39, 0.29) is 40.9 Å². The number of benzene rings is 1. The van der Waals surface area contributed by atoms with Crippen LogP contribution in [-0.4, -0.2) is 64.5 Å². The zero-order chi connectivity index (χ0) is 27.2. The van der Waals surface area contributed by atoms with Crippen molar-refractivity contribution in [2.75, 3.05) is 24.6 Å². The van der Waals surface area contributed by atoms with E-state index < -0.39 is 24.5 Å². The number of hydrogen-bond donors (Lipinski definition) is 0. The maximum Gasteiger partial charge on any atom is 0.418 e. The molecule has 3 aromatic rings. The largest absolute Gasteiger partial charge is 0.444 e. The van der Waals surface area contributed by atoms with Gasteiger partial charge >= 0.3 is 12.3 Å². The molecule has 2 aromatic heterocycles. The first-order chi connectivity index (χ1) is 18.0. The Balaban J connectivity index is 1.52. The second-order valence-electron chi connectivity index (χ2n) is 10.3. The molecule has 3 atom stereocenters. The molecule has 13 heteroatoms. The molecular formula is C25H26F3N5O4S. The van der Waals surface area contributed by atoms with Crippen molar-refractivity contribution < 1.29 is 31.9 Å². The van der Waals surface area contributed by atoms with Crippen LogP contribution in [0.1, 0.15) is 45.3 Å². The number of hydrogen-bond acceptors (Lipinski definition) is 9. The summed E-state index contributed by atoms with van der Waals surface area (Å²) in [6.07, 6.45) is -4.36. The fourth-order valence-corrected chi connectivity index (χ4v) is 5.70. The number of oxazole rings is 1. The number of alkyl halides is 3. The van der Waals surface area contributed by atoms with E-state index in [0.29, 0.717) is 23.7 Å². The fraction of sp³-hybridized carbons (Fsp3) is 0.520. The minimum absolute atomic E-state index is 0.00474. The number of aromatic nitrogens is 2. The van der Waals surface area contributed by atoms with Crippen molar-refractivity contribution in [3.8, 4) is 16.6 Å². The van der Waals surface area contributed by atoms with Gasteiger partial charge in [-0.3, -0.25) is 4.90 Å². The lowest BCUT2D eigenvalue weighted by Crippen LogP contribution is -2.56. The third-order valence-electron chi connectivity index (χ3n) is 6.48. The highest BCUT2D eigenvalue weighted by Gasteiger charge is 2.46. The Labute approximate surface area is 220 Å². The smallest absolute Gasteiger partial charge is 0.418 e. The van der Waals surface area contributed by atoms with Crippen molar-refractivity contribution in [3.05, 3.63) is 29.3 Å². The first-order valence-electron chi connectivity index (χ1n) is 12.1. The SMILES string of the molecule is CC(C)(C)OC(=O)N1C2CCC1CN(c1nc3c(C(OCC#N)C(F)(F)F)ccc(-c4nccs4)c3o1)C2. The molecule has 38 heavy (non-hydrogen) atoms. The summed E-state index contributed by atoms with van der Waals surface area (Å²) in [7, 11) is 0. The van der Waals surface area contributed by atoms with E-state index >= 15 is 0 Å². The number of carbonyl (C=O) groups is 1. The molecule has 0 radical (unpaired) electrons. The predicted octanol–water partition coefficient (Wildman–Crippen LogP) is 5.68. The van der Waals surface area contributed by atoms with Crippen LogP contribution in [0.3, 0.4) is 0 Å². The van der Waals surface area contributed by atoms with Gasteiger partial charge in [-0.05, 0) is 39.7 Å². The van der Waals surface area contributed by atoms with Crippen LogP contribution < -0.4 is 4.90 Å². The molecule has 0 aliphatic carbocycles. The number of halogens is 3. The summed E-state index contributed by atoms with van der Waals surface area (Å²) in [5, 5.41) is 11.2. The summed E-state index contributed by atoms with van der Waals surface area (Å²) < 4.78 is 58.6. The minimum Gasteiger partial charge on any atom is -0.444 e. The Kier molecular flexibility index (Phi) is 6.73. The second-order valence-corrected chi connectivity index (χ2v) is 11.2. The fourth-order valence-electron chi connectivity index (χ4n) is 5.04. The molecule has 2 saturated heterocycles. The summed E-state index contributed by atoms with van der Waals surface area (Å²) in [6.45, 7) is 5.51. The number of thiazole rings is 1. The molecule has 3 unspecified atom stereocenters. The third-order valence-corrected chi connectivity index (χ3v) is 7.28. The van der Waals surface area contributed by atoms with Crippen LogP contribution in [0.15, 0.2) is 28.1 Å². The minimum atomic E-state index is -4.77. The van der Waals surface area contributed by atoms with Crippen LogP contribution in [0, 0.1) is 11.3 Å². The topological polar surface area (TPSA) is 105 Å². The van der Waals surface area contributed by atoms with E-state index in [0.717, 1.165) is 12.8 Å². The molecule has 202 valence electrons. The van der Waals surface area contributed by atoms with Crippen LogP contribution in [0.25, 0.3) is 21.7 Å². The van der Waals surface area contributed by atoms with Gasteiger partial charge in [0.25, 0.3) is 6.01 Å². The lowest BCUT2D eigenvalue weighted by atomic mass is 10.0. The first kappa shape index (κ1) is 26.2.